The van der Waals surface area contributed by atoms with Crippen molar-refractivity contribution in [2.24, 2.45) is 5.92 Å². The predicted octanol–water partition coefficient (Wildman–Crippen LogP) is 2.83. The third-order valence-corrected chi connectivity index (χ3v) is 4.28. The second kappa shape index (κ2) is 5.51. The minimum Gasteiger partial charge on any atom is -0.345 e. The maximum absolute atomic E-state index is 12.1. The molecule has 1 aromatic carbocycles. The fourth-order valence-electron chi connectivity index (χ4n) is 2.02. The summed E-state index contributed by atoms with van der Waals surface area (Å²) < 4.78 is 0.778. The van der Waals surface area contributed by atoms with Gasteiger partial charge in [0.1, 0.15) is 0 Å². The van der Waals surface area contributed by atoms with Gasteiger partial charge in [0.25, 0.3) is 0 Å². The molecule has 19 heavy (non-hydrogen) atoms. The number of anilines is 1. The van der Waals surface area contributed by atoms with Gasteiger partial charge in [-0.05, 0) is 40.5 Å². The summed E-state index contributed by atoms with van der Waals surface area (Å²) >= 11 is 9.43. The van der Waals surface area contributed by atoms with Gasteiger partial charge in [-0.1, -0.05) is 11.6 Å². The monoisotopic (exact) mass is 344 g/mol. The van der Waals surface area contributed by atoms with Crippen molar-refractivity contribution in [1.29, 1.82) is 0 Å². The summed E-state index contributed by atoms with van der Waals surface area (Å²) in [6.45, 7) is 2.35. The summed E-state index contributed by atoms with van der Waals surface area (Å²) in [7, 11) is 1.70. The molecule has 0 aromatic heterocycles. The highest BCUT2D eigenvalue weighted by Gasteiger charge is 2.32. The van der Waals surface area contributed by atoms with Gasteiger partial charge in [-0.25, -0.2) is 0 Å². The van der Waals surface area contributed by atoms with Gasteiger partial charge in [-0.2, -0.15) is 0 Å². The molecule has 4 nitrogen and oxygen atoms in total. The van der Waals surface area contributed by atoms with Gasteiger partial charge < -0.3 is 10.2 Å². The molecule has 2 rings (SSSR count). The van der Waals surface area contributed by atoms with Crippen LogP contribution in [-0.2, 0) is 9.59 Å². The van der Waals surface area contributed by atoms with E-state index in [1.165, 1.54) is 0 Å². The van der Waals surface area contributed by atoms with Crippen molar-refractivity contribution in [3.05, 3.63) is 27.2 Å². The quantitative estimate of drug-likeness (QED) is 0.896. The summed E-state index contributed by atoms with van der Waals surface area (Å²) in [5.74, 6) is -0.455. The van der Waals surface area contributed by atoms with E-state index in [0.717, 1.165) is 10.0 Å². The van der Waals surface area contributed by atoms with Crippen molar-refractivity contribution in [1.82, 2.24) is 4.90 Å². The number of benzene rings is 1. The Balaban J connectivity index is 2.12. The van der Waals surface area contributed by atoms with Crippen molar-refractivity contribution in [2.75, 3.05) is 18.9 Å². The molecule has 1 fully saturated rings. The summed E-state index contributed by atoms with van der Waals surface area (Å²) in [4.78, 5) is 25.1. The Morgan fingerprint density at radius 1 is 1.53 bits per heavy atom. The Morgan fingerprint density at radius 3 is 2.79 bits per heavy atom. The molecule has 2 amide bonds. The molecule has 1 saturated heterocycles. The van der Waals surface area contributed by atoms with E-state index in [1.54, 1.807) is 18.0 Å². The van der Waals surface area contributed by atoms with E-state index in [9.17, 15) is 9.59 Å². The standard InChI is InChI=1S/C13H14BrClN2O2/c1-7-3-9(14)11(5-10(7)15)16-13(19)8-4-12(18)17(2)6-8/h3,5,8H,4,6H2,1-2H3,(H,16,19). The first-order valence-electron chi connectivity index (χ1n) is 5.89. The van der Waals surface area contributed by atoms with Gasteiger partial charge in [0.05, 0.1) is 11.6 Å². The molecular formula is C13H14BrClN2O2. The number of halogens is 2. The fourth-order valence-corrected chi connectivity index (χ4v) is 2.74. The number of amides is 2. The highest BCUT2D eigenvalue weighted by molar-refractivity contribution is 9.10. The van der Waals surface area contributed by atoms with Crippen LogP contribution in [0, 0.1) is 12.8 Å². The van der Waals surface area contributed by atoms with E-state index in [1.807, 2.05) is 13.0 Å². The van der Waals surface area contributed by atoms with Crippen LogP contribution in [0.5, 0.6) is 0 Å². The predicted molar refractivity (Wildman–Crippen MR) is 78.3 cm³/mol. The van der Waals surface area contributed by atoms with Crippen molar-refractivity contribution in [3.8, 4) is 0 Å². The fraction of sp³-hybridized carbons (Fsp3) is 0.385. The van der Waals surface area contributed by atoms with Crippen LogP contribution in [-0.4, -0.2) is 30.3 Å². The molecule has 6 heteroatoms. The lowest BCUT2D eigenvalue weighted by Crippen LogP contribution is -2.25. The smallest absolute Gasteiger partial charge is 0.229 e. The van der Waals surface area contributed by atoms with Crippen LogP contribution in [0.25, 0.3) is 0 Å². The average Bonchev–Trinajstić information content (AvgIpc) is 2.67. The highest BCUT2D eigenvalue weighted by Crippen LogP contribution is 2.30. The summed E-state index contributed by atoms with van der Waals surface area (Å²) in [5.41, 5.74) is 1.56. The highest BCUT2D eigenvalue weighted by atomic mass is 79.9. The molecule has 0 radical (unpaired) electrons. The Kier molecular flexibility index (Phi) is 4.16. The van der Waals surface area contributed by atoms with Crippen molar-refractivity contribution in [3.63, 3.8) is 0 Å². The minimum absolute atomic E-state index is 0.00107. The number of nitrogens with zero attached hydrogens (tertiary/aromatic N) is 1. The zero-order valence-electron chi connectivity index (χ0n) is 10.7. The third-order valence-electron chi connectivity index (χ3n) is 3.22. The number of rotatable bonds is 2. The maximum atomic E-state index is 12.1. The Hall–Kier alpha value is -1.07. The number of carbonyl (C=O) groups is 2. The topological polar surface area (TPSA) is 49.4 Å². The molecule has 1 N–H and O–H groups in total. The molecule has 0 aliphatic carbocycles. The first-order chi connectivity index (χ1) is 8.88. The van der Waals surface area contributed by atoms with Gasteiger partial charge in [-0.3, -0.25) is 9.59 Å². The average molecular weight is 346 g/mol. The van der Waals surface area contributed by atoms with Crippen LogP contribution >= 0.6 is 27.5 Å². The molecule has 1 unspecified atom stereocenters. The first kappa shape index (κ1) is 14.3. The maximum Gasteiger partial charge on any atom is 0.229 e. The van der Waals surface area contributed by atoms with Gasteiger partial charge in [0.2, 0.25) is 11.8 Å². The lowest BCUT2D eigenvalue weighted by molar-refractivity contribution is -0.127. The van der Waals surface area contributed by atoms with Gasteiger partial charge in [-0.15, -0.1) is 0 Å². The molecule has 1 aromatic rings. The second-order valence-corrected chi connectivity index (χ2v) is 6.01. The number of likely N-dealkylation sites (tertiary alicyclic amines) is 1. The molecule has 1 heterocycles. The van der Waals surface area contributed by atoms with Crippen molar-refractivity contribution < 1.29 is 9.59 Å². The van der Waals surface area contributed by atoms with Crippen LogP contribution < -0.4 is 5.32 Å². The van der Waals surface area contributed by atoms with E-state index >= 15 is 0 Å². The number of nitrogens with one attached hydrogen (secondary N) is 1. The van der Waals surface area contributed by atoms with E-state index in [0.29, 0.717) is 17.3 Å². The lowest BCUT2D eigenvalue weighted by atomic mass is 10.1. The molecule has 1 aliphatic rings. The molecular weight excluding hydrogens is 332 g/mol. The van der Waals surface area contributed by atoms with Crippen molar-refractivity contribution in [2.45, 2.75) is 13.3 Å². The van der Waals surface area contributed by atoms with Crippen molar-refractivity contribution >= 4 is 45.0 Å². The molecule has 0 bridgehead atoms. The van der Waals surface area contributed by atoms with E-state index in [-0.39, 0.29) is 24.2 Å². The number of hydrogen-bond acceptors (Lipinski definition) is 2. The molecule has 1 atom stereocenters. The van der Waals surface area contributed by atoms with Gasteiger partial charge >= 0.3 is 0 Å². The van der Waals surface area contributed by atoms with Crippen LogP contribution in [0.4, 0.5) is 5.69 Å². The Morgan fingerprint density at radius 2 is 2.21 bits per heavy atom. The van der Waals surface area contributed by atoms with Crippen LogP contribution in [0.2, 0.25) is 5.02 Å². The minimum atomic E-state index is -0.301. The summed E-state index contributed by atoms with van der Waals surface area (Å²) in [6, 6.07) is 3.56. The number of hydrogen-bond donors (Lipinski definition) is 1. The van der Waals surface area contributed by atoms with E-state index < -0.39 is 0 Å². The molecule has 102 valence electrons. The van der Waals surface area contributed by atoms with Crippen LogP contribution in [0.3, 0.4) is 0 Å². The number of carbonyl (C=O) groups excluding carboxylic acids is 2. The van der Waals surface area contributed by atoms with Gasteiger partial charge in [0, 0.05) is 29.5 Å². The summed E-state index contributed by atoms with van der Waals surface area (Å²) in [5, 5.41) is 3.41. The first-order valence-corrected chi connectivity index (χ1v) is 7.06. The summed E-state index contributed by atoms with van der Waals surface area (Å²) in [6.07, 6.45) is 0.263. The second-order valence-electron chi connectivity index (χ2n) is 4.75. The third kappa shape index (κ3) is 3.09. The van der Waals surface area contributed by atoms with E-state index in [2.05, 4.69) is 21.2 Å². The normalized spacial score (nSPS) is 18.8. The molecule has 1 aliphatic heterocycles. The lowest BCUT2D eigenvalue weighted by Gasteiger charge is -2.13. The Labute approximate surface area is 125 Å². The zero-order chi connectivity index (χ0) is 14.2. The van der Waals surface area contributed by atoms with E-state index in [4.69, 9.17) is 11.6 Å². The Bertz CT molecular complexity index is 548. The molecule has 0 spiro atoms. The van der Waals surface area contributed by atoms with Crippen LogP contribution in [0.15, 0.2) is 16.6 Å². The largest absolute Gasteiger partial charge is 0.345 e. The molecule has 0 saturated carbocycles. The SMILES string of the molecule is Cc1cc(Br)c(NC(=O)C2CC(=O)N(C)C2)cc1Cl. The van der Waals surface area contributed by atoms with Gasteiger partial charge in [0.15, 0.2) is 0 Å². The number of aryl methyl sites for hydroxylation is 1. The van der Waals surface area contributed by atoms with Crippen LogP contribution in [0.1, 0.15) is 12.0 Å². The zero-order valence-corrected chi connectivity index (χ0v) is 13.0.